The van der Waals surface area contributed by atoms with Crippen molar-refractivity contribution in [3.63, 3.8) is 0 Å². The molecule has 0 aliphatic heterocycles. The minimum Gasteiger partial charge on any atom is -0.351 e. The molecule has 3 N–H and O–H groups in total. The average Bonchev–Trinajstić information content (AvgIpc) is 2.57. The van der Waals surface area contributed by atoms with Crippen LogP contribution < -0.4 is 10.5 Å². The minimum atomic E-state index is -3.78. The lowest BCUT2D eigenvalue weighted by molar-refractivity contribution is 0.0941. The van der Waals surface area contributed by atoms with Crippen LogP contribution in [0.4, 0.5) is 0 Å². The van der Waals surface area contributed by atoms with Gasteiger partial charge in [-0.05, 0) is 17.9 Å². The smallest absolute Gasteiger partial charge is 0.267 e. The average molecular weight is 287 g/mol. The second-order valence-electron chi connectivity index (χ2n) is 5.78. The monoisotopic (exact) mass is 287 g/mol. The Bertz CT molecular complexity index is 568. The van der Waals surface area contributed by atoms with Gasteiger partial charge in [0.15, 0.2) is 0 Å². The molecule has 0 saturated carbocycles. The van der Waals surface area contributed by atoms with Gasteiger partial charge in [-0.15, -0.1) is 0 Å². The summed E-state index contributed by atoms with van der Waals surface area (Å²) in [6.45, 7) is 6.79. The molecule has 0 aliphatic rings. The fourth-order valence-corrected chi connectivity index (χ4v) is 2.14. The molecular formula is C12H21N3O3S. The molecule has 1 rings (SSSR count). The number of primary sulfonamides is 1. The van der Waals surface area contributed by atoms with E-state index in [0.717, 1.165) is 6.42 Å². The Kier molecular flexibility index (Phi) is 4.42. The molecule has 1 heterocycles. The van der Waals surface area contributed by atoms with E-state index in [-0.39, 0.29) is 21.9 Å². The van der Waals surface area contributed by atoms with E-state index in [1.165, 1.54) is 16.8 Å². The van der Waals surface area contributed by atoms with Gasteiger partial charge in [0.05, 0.1) is 0 Å². The van der Waals surface area contributed by atoms with E-state index >= 15 is 0 Å². The van der Waals surface area contributed by atoms with Crippen LogP contribution in [-0.2, 0) is 17.1 Å². The number of carbonyl (C=O) groups excluding carboxylic acids is 1. The molecule has 1 aromatic heterocycles. The summed E-state index contributed by atoms with van der Waals surface area (Å²) in [5.41, 5.74) is 0.408. The summed E-state index contributed by atoms with van der Waals surface area (Å²) in [4.78, 5) is 11.9. The van der Waals surface area contributed by atoms with Gasteiger partial charge in [-0.25, -0.2) is 13.6 Å². The molecule has 19 heavy (non-hydrogen) atoms. The van der Waals surface area contributed by atoms with Crippen LogP contribution in [0.15, 0.2) is 17.2 Å². The predicted molar refractivity (Wildman–Crippen MR) is 73.2 cm³/mol. The van der Waals surface area contributed by atoms with Crippen molar-refractivity contribution in [2.24, 2.45) is 17.6 Å². The fraction of sp³-hybridized carbons (Fsp3) is 0.583. The quantitative estimate of drug-likeness (QED) is 0.859. The zero-order chi connectivity index (χ0) is 14.8. The first-order valence-electron chi connectivity index (χ1n) is 5.98. The Balaban J connectivity index is 2.76. The molecule has 108 valence electrons. The predicted octanol–water partition coefficient (Wildman–Crippen LogP) is 0.838. The van der Waals surface area contributed by atoms with Crippen molar-refractivity contribution in [3.8, 4) is 0 Å². The maximum Gasteiger partial charge on any atom is 0.267 e. The maximum absolute atomic E-state index is 11.9. The van der Waals surface area contributed by atoms with Gasteiger partial charge in [0.1, 0.15) is 10.6 Å². The van der Waals surface area contributed by atoms with Crippen molar-refractivity contribution in [2.45, 2.75) is 32.1 Å². The number of nitrogens with one attached hydrogen (secondary N) is 1. The Morgan fingerprint density at radius 1 is 1.42 bits per heavy atom. The number of aromatic nitrogens is 1. The lowest BCUT2D eigenvalue weighted by Crippen LogP contribution is -2.28. The molecule has 0 unspecified atom stereocenters. The number of aryl methyl sites for hydroxylation is 1. The zero-order valence-corrected chi connectivity index (χ0v) is 12.5. The summed E-state index contributed by atoms with van der Waals surface area (Å²) in [6.07, 6.45) is 2.17. The second-order valence-corrected chi connectivity index (χ2v) is 7.34. The Labute approximate surface area is 114 Å². The molecule has 7 heteroatoms. The molecule has 1 amide bonds. The first-order chi connectivity index (χ1) is 8.50. The number of rotatable bonds is 4. The van der Waals surface area contributed by atoms with Crippen molar-refractivity contribution in [1.82, 2.24) is 9.88 Å². The zero-order valence-electron chi connectivity index (χ0n) is 11.7. The highest BCUT2D eigenvalue weighted by molar-refractivity contribution is 7.89. The molecule has 1 aromatic rings. The van der Waals surface area contributed by atoms with Crippen LogP contribution in [0.5, 0.6) is 0 Å². The van der Waals surface area contributed by atoms with Crippen molar-refractivity contribution >= 4 is 15.9 Å². The highest BCUT2D eigenvalue weighted by Crippen LogP contribution is 2.17. The number of hydrogen-bond donors (Lipinski definition) is 2. The van der Waals surface area contributed by atoms with Crippen molar-refractivity contribution in [1.29, 1.82) is 0 Å². The van der Waals surface area contributed by atoms with Crippen LogP contribution in [0.3, 0.4) is 0 Å². The molecule has 0 atom stereocenters. The van der Waals surface area contributed by atoms with Gasteiger partial charge in [-0.2, -0.15) is 0 Å². The molecular weight excluding hydrogens is 266 g/mol. The number of carbonyl (C=O) groups is 1. The summed E-state index contributed by atoms with van der Waals surface area (Å²) in [6, 6.07) is 1.28. The molecule has 0 aliphatic carbocycles. The second kappa shape index (κ2) is 5.34. The highest BCUT2D eigenvalue weighted by Gasteiger charge is 2.18. The molecule has 0 saturated heterocycles. The Hall–Kier alpha value is -1.34. The van der Waals surface area contributed by atoms with Crippen LogP contribution in [0.2, 0.25) is 0 Å². The molecule has 0 bridgehead atoms. The van der Waals surface area contributed by atoms with E-state index in [1.54, 1.807) is 7.05 Å². The first-order valence-corrected chi connectivity index (χ1v) is 7.53. The van der Waals surface area contributed by atoms with Crippen molar-refractivity contribution < 1.29 is 13.2 Å². The summed E-state index contributed by atoms with van der Waals surface area (Å²) in [7, 11) is -2.18. The van der Waals surface area contributed by atoms with Crippen LogP contribution in [0.25, 0.3) is 0 Å². The van der Waals surface area contributed by atoms with E-state index in [1.807, 2.05) is 0 Å². The van der Waals surface area contributed by atoms with E-state index in [9.17, 15) is 13.2 Å². The normalized spacial score (nSPS) is 12.5. The fourth-order valence-electron chi connectivity index (χ4n) is 1.56. The topological polar surface area (TPSA) is 94.2 Å². The van der Waals surface area contributed by atoms with Gasteiger partial charge in [0, 0.05) is 19.8 Å². The first kappa shape index (κ1) is 15.7. The van der Waals surface area contributed by atoms with Crippen molar-refractivity contribution in [2.75, 3.05) is 6.54 Å². The molecule has 0 spiro atoms. The summed E-state index contributed by atoms with van der Waals surface area (Å²) in [5.74, 6) is -0.304. The van der Waals surface area contributed by atoms with Crippen LogP contribution in [0.1, 0.15) is 37.7 Å². The minimum absolute atomic E-state index is 0.0593. The number of amides is 1. The number of nitrogens with two attached hydrogens (primary N) is 1. The standard InChI is InChI=1S/C12H21N3O3S/c1-12(2,3)5-6-14-11(16)10-7-9(8-15(10)4)19(13,17)18/h7-8H,5-6H2,1-4H3,(H,14,16)(H2,13,17,18). The summed E-state index contributed by atoms with van der Waals surface area (Å²) in [5, 5.41) is 7.79. The van der Waals surface area contributed by atoms with Crippen molar-refractivity contribution in [3.05, 3.63) is 18.0 Å². The molecule has 0 radical (unpaired) electrons. The third kappa shape index (κ3) is 4.68. The largest absolute Gasteiger partial charge is 0.351 e. The summed E-state index contributed by atoms with van der Waals surface area (Å²) >= 11 is 0. The lowest BCUT2D eigenvalue weighted by Gasteiger charge is -2.18. The van der Waals surface area contributed by atoms with Gasteiger partial charge >= 0.3 is 0 Å². The molecule has 0 fully saturated rings. The van der Waals surface area contributed by atoms with E-state index < -0.39 is 10.0 Å². The van der Waals surface area contributed by atoms with Gasteiger partial charge in [0.25, 0.3) is 5.91 Å². The van der Waals surface area contributed by atoms with Crippen LogP contribution in [0, 0.1) is 5.41 Å². The number of sulfonamides is 1. The maximum atomic E-state index is 11.9. The number of hydrogen-bond acceptors (Lipinski definition) is 3. The van der Waals surface area contributed by atoms with Crippen LogP contribution in [-0.4, -0.2) is 25.4 Å². The van der Waals surface area contributed by atoms with E-state index in [4.69, 9.17) is 5.14 Å². The Morgan fingerprint density at radius 3 is 2.42 bits per heavy atom. The van der Waals surface area contributed by atoms with Gasteiger partial charge in [0.2, 0.25) is 10.0 Å². The number of nitrogens with zero attached hydrogens (tertiary/aromatic N) is 1. The molecule has 6 nitrogen and oxygen atoms in total. The van der Waals surface area contributed by atoms with Gasteiger partial charge in [-0.3, -0.25) is 4.79 Å². The molecule has 0 aromatic carbocycles. The van der Waals surface area contributed by atoms with Gasteiger partial charge in [-0.1, -0.05) is 20.8 Å². The van der Waals surface area contributed by atoms with Gasteiger partial charge < -0.3 is 9.88 Å². The SMILES string of the molecule is Cn1cc(S(N)(=O)=O)cc1C(=O)NCCC(C)(C)C. The van der Waals surface area contributed by atoms with Crippen LogP contribution >= 0.6 is 0 Å². The summed E-state index contributed by atoms with van der Waals surface area (Å²) < 4.78 is 23.8. The lowest BCUT2D eigenvalue weighted by atomic mass is 9.92. The Morgan fingerprint density at radius 2 is 2.00 bits per heavy atom. The van der Waals surface area contributed by atoms with E-state index in [2.05, 4.69) is 26.1 Å². The van der Waals surface area contributed by atoms with E-state index in [0.29, 0.717) is 6.54 Å². The highest BCUT2D eigenvalue weighted by atomic mass is 32.2. The third-order valence-corrected chi connectivity index (χ3v) is 3.58. The third-order valence-electron chi connectivity index (χ3n) is 2.70.